The van der Waals surface area contributed by atoms with Crippen LogP contribution in [0.5, 0.6) is 5.75 Å². The highest BCUT2D eigenvalue weighted by Crippen LogP contribution is 2.14. The van der Waals surface area contributed by atoms with Gasteiger partial charge in [0, 0.05) is 12.0 Å². The van der Waals surface area contributed by atoms with Crippen LogP contribution < -0.4 is 4.74 Å². The smallest absolute Gasteiger partial charge is 0.306 e. The molecule has 4 heteroatoms. The molecular weight excluding hydrogens is 304 g/mol. The Labute approximate surface area is 142 Å². The minimum absolute atomic E-state index is 0.187. The van der Waals surface area contributed by atoms with Gasteiger partial charge in [0.1, 0.15) is 5.75 Å². The summed E-state index contributed by atoms with van der Waals surface area (Å²) < 4.78 is 10.3. The Balaban J connectivity index is 1.84. The van der Waals surface area contributed by atoms with E-state index in [2.05, 4.69) is 0 Å². The van der Waals surface area contributed by atoms with Crippen molar-refractivity contribution >= 4 is 11.8 Å². The second-order valence-electron chi connectivity index (χ2n) is 5.71. The number of esters is 1. The van der Waals surface area contributed by atoms with Crippen LogP contribution in [0.2, 0.25) is 0 Å². The van der Waals surface area contributed by atoms with Crippen molar-refractivity contribution in [1.29, 1.82) is 0 Å². The van der Waals surface area contributed by atoms with Gasteiger partial charge in [-0.05, 0) is 38.0 Å². The van der Waals surface area contributed by atoms with Crippen LogP contribution in [-0.4, -0.2) is 25.0 Å². The Morgan fingerprint density at radius 3 is 2.21 bits per heavy atom. The predicted molar refractivity (Wildman–Crippen MR) is 92.4 cm³/mol. The zero-order chi connectivity index (χ0) is 17.5. The maximum Gasteiger partial charge on any atom is 0.306 e. The number of benzene rings is 2. The topological polar surface area (TPSA) is 52.6 Å². The Kier molecular flexibility index (Phi) is 6.13. The largest absolute Gasteiger partial charge is 0.497 e. The Morgan fingerprint density at radius 2 is 1.62 bits per heavy atom. The highest BCUT2D eigenvalue weighted by atomic mass is 16.5. The number of hydrogen-bond donors (Lipinski definition) is 0. The lowest BCUT2D eigenvalue weighted by Crippen LogP contribution is -2.24. The van der Waals surface area contributed by atoms with Crippen molar-refractivity contribution in [1.82, 2.24) is 0 Å². The molecule has 0 fully saturated rings. The Bertz CT molecular complexity index is 687. The average molecular weight is 326 g/mol. The summed E-state index contributed by atoms with van der Waals surface area (Å²) >= 11 is 0. The molecular formula is C20H22O4. The number of Topliss-reactive ketones (excluding diaryl/α,β-unsaturated/α-hetero) is 1. The van der Waals surface area contributed by atoms with Crippen molar-refractivity contribution in [2.45, 2.75) is 32.8 Å². The molecule has 1 unspecified atom stereocenters. The fraction of sp³-hybridized carbons (Fsp3) is 0.300. The quantitative estimate of drug-likeness (QED) is 0.574. The molecule has 0 saturated carbocycles. The molecule has 0 aliphatic carbocycles. The molecule has 0 saturated heterocycles. The number of ether oxygens (including phenoxy) is 2. The lowest BCUT2D eigenvalue weighted by molar-refractivity contribution is -0.146. The summed E-state index contributed by atoms with van der Waals surface area (Å²) in [4.78, 5) is 24.2. The lowest BCUT2D eigenvalue weighted by atomic mass is 10.1. The monoisotopic (exact) mass is 326 g/mol. The minimum atomic E-state index is -0.781. The van der Waals surface area contributed by atoms with E-state index in [4.69, 9.17) is 9.47 Å². The lowest BCUT2D eigenvalue weighted by Gasteiger charge is -2.12. The highest BCUT2D eigenvalue weighted by Gasteiger charge is 2.19. The molecule has 0 heterocycles. The molecule has 0 bridgehead atoms. The second-order valence-corrected chi connectivity index (χ2v) is 5.71. The second kappa shape index (κ2) is 8.29. The van der Waals surface area contributed by atoms with Crippen molar-refractivity contribution in [3.8, 4) is 5.75 Å². The first-order chi connectivity index (χ1) is 11.5. The number of carbonyl (C=O) groups is 2. The summed E-state index contributed by atoms with van der Waals surface area (Å²) in [6.45, 7) is 3.56. The third kappa shape index (κ3) is 4.95. The van der Waals surface area contributed by atoms with Gasteiger partial charge in [0.25, 0.3) is 0 Å². The van der Waals surface area contributed by atoms with Crippen LogP contribution in [0.4, 0.5) is 0 Å². The summed E-state index contributed by atoms with van der Waals surface area (Å²) in [5.41, 5.74) is 2.65. The number of ketones is 1. The summed E-state index contributed by atoms with van der Waals surface area (Å²) in [5, 5.41) is 0. The molecule has 0 aliphatic heterocycles. The summed E-state index contributed by atoms with van der Waals surface area (Å²) in [5.74, 6) is 0.213. The molecule has 126 valence electrons. The van der Waals surface area contributed by atoms with E-state index in [1.54, 1.807) is 26.2 Å². The van der Waals surface area contributed by atoms with Crippen molar-refractivity contribution in [3.05, 3.63) is 65.2 Å². The van der Waals surface area contributed by atoms with Crippen LogP contribution in [0, 0.1) is 6.92 Å². The number of rotatable bonds is 7. The molecule has 0 spiro atoms. The molecule has 0 radical (unpaired) electrons. The van der Waals surface area contributed by atoms with Gasteiger partial charge in [-0.15, -0.1) is 0 Å². The number of carbonyl (C=O) groups excluding carboxylic acids is 2. The molecule has 1 atom stereocenters. The molecule has 4 nitrogen and oxygen atoms in total. The molecule has 0 amide bonds. The van der Waals surface area contributed by atoms with Crippen molar-refractivity contribution in [3.63, 3.8) is 0 Å². The fourth-order valence-corrected chi connectivity index (χ4v) is 2.30. The normalized spacial score (nSPS) is 11.6. The van der Waals surface area contributed by atoms with E-state index in [1.165, 1.54) is 0 Å². The van der Waals surface area contributed by atoms with Gasteiger partial charge < -0.3 is 9.47 Å². The van der Waals surface area contributed by atoms with E-state index in [0.717, 1.165) is 16.9 Å². The number of aryl methyl sites for hydroxylation is 2. The highest BCUT2D eigenvalue weighted by molar-refractivity contribution is 6.00. The van der Waals surface area contributed by atoms with Gasteiger partial charge in [-0.25, -0.2) is 0 Å². The van der Waals surface area contributed by atoms with Gasteiger partial charge in [-0.3, -0.25) is 9.59 Å². The standard InChI is InChI=1S/C20H22O4/c1-14-4-9-17(10-5-14)20(22)15(2)24-19(21)13-8-16-6-11-18(23-3)12-7-16/h4-7,9-12,15H,8,13H2,1-3H3. The number of methoxy groups -OCH3 is 1. The third-order valence-electron chi connectivity index (χ3n) is 3.79. The van der Waals surface area contributed by atoms with Gasteiger partial charge in [0.05, 0.1) is 7.11 Å². The predicted octanol–water partition coefficient (Wildman–Crippen LogP) is 3.75. The van der Waals surface area contributed by atoms with Crippen LogP contribution in [0.1, 0.15) is 34.8 Å². The third-order valence-corrected chi connectivity index (χ3v) is 3.79. The van der Waals surface area contributed by atoms with Crippen LogP contribution in [-0.2, 0) is 16.0 Å². The summed E-state index contributed by atoms with van der Waals surface area (Å²) in [7, 11) is 1.61. The first-order valence-corrected chi connectivity index (χ1v) is 7.93. The van der Waals surface area contributed by atoms with E-state index in [1.807, 2.05) is 43.3 Å². The molecule has 2 aromatic carbocycles. The molecule has 24 heavy (non-hydrogen) atoms. The minimum Gasteiger partial charge on any atom is -0.497 e. The maximum absolute atomic E-state index is 12.2. The van der Waals surface area contributed by atoms with E-state index in [9.17, 15) is 9.59 Å². The van der Waals surface area contributed by atoms with E-state index >= 15 is 0 Å². The zero-order valence-electron chi connectivity index (χ0n) is 14.2. The van der Waals surface area contributed by atoms with Gasteiger partial charge in [0.15, 0.2) is 6.10 Å². The van der Waals surface area contributed by atoms with Crippen molar-refractivity contribution in [2.24, 2.45) is 0 Å². The molecule has 0 aromatic heterocycles. The van der Waals surface area contributed by atoms with Gasteiger partial charge in [-0.2, -0.15) is 0 Å². The van der Waals surface area contributed by atoms with Crippen LogP contribution in [0.25, 0.3) is 0 Å². The first-order valence-electron chi connectivity index (χ1n) is 7.93. The Hall–Kier alpha value is -2.62. The average Bonchev–Trinajstić information content (AvgIpc) is 2.60. The molecule has 2 rings (SSSR count). The van der Waals surface area contributed by atoms with Crippen molar-refractivity contribution in [2.75, 3.05) is 7.11 Å². The summed E-state index contributed by atoms with van der Waals surface area (Å²) in [6, 6.07) is 14.8. The first kappa shape index (κ1) is 17.7. The van der Waals surface area contributed by atoms with Crippen LogP contribution >= 0.6 is 0 Å². The number of hydrogen-bond acceptors (Lipinski definition) is 4. The van der Waals surface area contributed by atoms with Crippen molar-refractivity contribution < 1.29 is 19.1 Å². The zero-order valence-corrected chi connectivity index (χ0v) is 14.2. The summed E-state index contributed by atoms with van der Waals surface area (Å²) in [6.07, 6.45) is 0.0163. The molecule has 0 N–H and O–H groups in total. The Morgan fingerprint density at radius 1 is 1.00 bits per heavy atom. The van der Waals surface area contributed by atoms with E-state index in [0.29, 0.717) is 12.0 Å². The molecule has 0 aliphatic rings. The van der Waals surface area contributed by atoms with Gasteiger partial charge in [-0.1, -0.05) is 42.0 Å². The van der Waals surface area contributed by atoms with E-state index < -0.39 is 6.10 Å². The van der Waals surface area contributed by atoms with Gasteiger partial charge >= 0.3 is 5.97 Å². The van der Waals surface area contributed by atoms with E-state index in [-0.39, 0.29) is 18.2 Å². The van der Waals surface area contributed by atoms with Gasteiger partial charge in [0.2, 0.25) is 5.78 Å². The maximum atomic E-state index is 12.2. The SMILES string of the molecule is COc1ccc(CCC(=O)OC(C)C(=O)c2ccc(C)cc2)cc1. The van der Waals surface area contributed by atoms with Crippen LogP contribution in [0.15, 0.2) is 48.5 Å². The van der Waals surface area contributed by atoms with Crippen LogP contribution in [0.3, 0.4) is 0 Å². The molecule has 2 aromatic rings. The fourth-order valence-electron chi connectivity index (χ4n) is 2.30.